The summed E-state index contributed by atoms with van der Waals surface area (Å²) in [6.07, 6.45) is 0. The van der Waals surface area contributed by atoms with E-state index >= 15 is 0 Å². The number of halogens is 1. The zero-order chi connectivity index (χ0) is 14.0. The van der Waals surface area contributed by atoms with Crippen LogP contribution in [0.15, 0.2) is 40.9 Å². The smallest absolute Gasteiger partial charge is 0.105 e. The molecular weight excluding hydrogens is 320 g/mol. The average Bonchev–Trinajstić information content (AvgIpc) is 2.33. The largest absolute Gasteiger partial charge is 0.389 e. The number of thiocarbonyl (C=S) groups is 1. The van der Waals surface area contributed by atoms with E-state index in [4.69, 9.17) is 18.0 Å². The Morgan fingerprint density at radius 3 is 2.53 bits per heavy atom. The van der Waals surface area contributed by atoms with Crippen LogP contribution in [0.25, 0.3) is 0 Å². The van der Waals surface area contributed by atoms with Gasteiger partial charge in [-0.05, 0) is 65.2 Å². The summed E-state index contributed by atoms with van der Waals surface area (Å²) in [6, 6.07) is 12.2. The van der Waals surface area contributed by atoms with Gasteiger partial charge in [-0.1, -0.05) is 24.4 Å². The van der Waals surface area contributed by atoms with Crippen molar-refractivity contribution in [2.75, 3.05) is 5.32 Å². The molecule has 0 aromatic heterocycles. The molecule has 2 nitrogen and oxygen atoms in total. The van der Waals surface area contributed by atoms with E-state index in [1.807, 2.05) is 18.2 Å². The third kappa shape index (κ3) is 3.33. The number of anilines is 2. The molecule has 0 spiro atoms. The molecule has 0 bridgehead atoms. The molecule has 19 heavy (non-hydrogen) atoms. The summed E-state index contributed by atoms with van der Waals surface area (Å²) in [5, 5.41) is 3.41. The Kier molecular flexibility index (Phi) is 4.22. The normalized spacial score (nSPS) is 10.3. The number of rotatable bonds is 3. The first-order valence-electron chi connectivity index (χ1n) is 5.91. The molecule has 4 heteroatoms. The van der Waals surface area contributed by atoms with Gasteiger partial charge in [-0.2, -0.15) is 0 Å². The van der Waals surface area contributed by atoms with Gasteiger partial charge in [0.1, 0.15) is 4.99 Å². The minimum Gasteiger partial charge on any atom is -0.389 e. The summed E-state index contributed by atoms with van der Waals surface area (Å²) in [6.45, 7) is 4.16. The van der Waals surface area contributed by atoms with Gasteiger partial charge in [0.15, 0.2) is 0 Å². The van der Waals surface area contributed by atoms with Crippen molar-refractivity contribution in [3.05, 3.63) is 57.6 Å². The van der Waals surface area contributed by atoms with E-state index in [0.717, 1.165) is 21.4 Å². The van der Waals surface area contributed by atoms with Gasteiger partial charge in [0, 0.05) is 21.4 Å². The van der Waals surface area contributed by atoms with Crippen molar-refractivity contribution in [1.29, 1.82) is 0 Å². The number of hydrogen-bond donors (Lipinski definition) is 2. The number of nitrogens with one attached hydrogen (secondary N) is 1. The lowest BCUT2D eigenvalue weighted by molar-refractivity contribution is 1.37. The highest BCUT2D eigenvalue weighted by atomic mass is 79.9. The average molecular weight is 335 g/mol. The predicted octanol–water partition coefficient (Wildman–Crippen LogP) is 4.44. The summed E-state index contributed by atoms with van der Waals surface area (Å²) in [7, 11) is 0. The quantitative estimate of drug-likeness (QED) is 0.814. The SMILES string of the molecule is Cc1ccc(C)c(Nc2ccc(C(N)=S)c(Br)c2)c1. The molecule has 0 atom stereocenters. The molecule has 0 amide bonds. The number of hydrogen-bond acceptors (Lipinski definition) is 2. The number of benzene rings is 2. The van der Waals surface area contributed by atoms with Crippen molar-refractivity contribution >= 4 is 44.5 Å². The van der Waals surface area contributed by atoms with Gasteiger partial charge in [0.2, 0.25) is 0 Å². The Morgan fingerprint density at radius 1 is 1.16 bits per heavy atom. The van der Waals surface area contributed by atoms with Crippen LogP contribution in [0.4, 0.5) is 11.4 Å². The molecule has 0 saturated carbocycles. The summed E-state index contributed by atoms with van der Waals surface area (Å²) in [5.41, 5.74) is 11.0. The highest BCUT2D eigenvalue weighted by molar-refractivity contribution is 9.10. The zero-order valence-corrected chi connectivity index (χ0v) is 13.2. The fourth-order valence-corrected chi connectivity index (χ4v) is 2.72. The van der Waals surface area contributed by atoms with Gasteiger partial charge in [0.25, 0.3) is 0 Å². The van der Waals surface area contributed by atoms with E-state index in [1.165, 1.54) is 11.1 Å². The van der Waals surface area contributed by atoms with E-state index in [-0.39, 0.29) is 0 Å². The lowest BCUT2D eigenvalue weighted by atomic mass is 10.1. The van der Waals surface area contributed by atoms with Crippen LogP contribution in [0.2, 0.25) is 0 Å². The second-order valence-corrected chi connectivity index (χ2v) is 5.80. The Balaban J connectivity index is 2.31. The molecule has 98 valence electrons. The summed E-state index contributed by atoms with van der Waals surface area (Å²) >= 11 is 8.47. The third-order valence-corrected chi connectivity index (χ3v) is 3.78. The maximum Gasteiger partial charge on any atom is 0.105 e. The van der Waals surface area contributed by atoms with Crippen molar-refractivity contribution in [3.63, 3.8) is 0 Å². The van der Waals surface area contributed by atoms with E-state index in [0.29, 0.717) is 4.99 Å². The molecule has 2 aromatic carbocycles. The lowest BCUT2D eigenvalue weighted by Gasteiger charge is -2.12. The van der Waals surface area contributed by atoms with Crippen molar-refractivity contribution in [2.24, 2.45) is 5.73 Å². The Labute approximate surface area is 127 Å². The molecule has 3 N–H and O–H groups in total. The van der Waals surface area contributed by atoms with Crippen LogP contribution in [0.3, 0.4) is 0 Å². The van der Waals surface area contributed by atoms with Crippen molar-refractivity contribution < 1.29 is 0 Å². The van der Waals surface area contributed by atoms with Crippen LogP contribution < -0.4 is 11.1 Å². The molecule has 0 unspecified atom stereocenters. The topological polar surface area (TPSA) is 38.0 Å². The van der Waals surface area contributed by atoms with Crippen molar-refractivity contribution in [3.8, 4) is 0 Å². The van der Waals surface area contributed by atoms with Crippen LogP contribution in [-0.2, 0) is 0 Å². The van der Waals surface area contributed by atoms with Crippen LogP contribution >= 0.6 is 28.1 Å². The van der Waals surface area contributed by atoms with Gasteiger partial charge >= 0.3 is 0 Å². The first kappa shape index (κ1) is 14.0. The second kappa shape index (κ2) is 5.72. The van der Waals surface area contributed by atoms with Crippen molar-refractivity contribution in [2.45, 2.75) is 13.8 Å². The molecule has 0 fully saturated rings. The van der Waals surface area contributed by atoms with Crippen LogP contribution in [0, 0.1) is 13.8 Å². The van der Waals surface area contributed by atoms with E-state index in [2.05, 4.69) is 53.3 Å². The van der Waals surface area contributed by atoms with Gasteiger partial charge in [-0.25, -0.2) is 0 Å². The summed E-state index contributed by atoms with van der Waals surface area (Å²) < 4.78 is 0.898. The fourth-order valence-electron chi connectivity index (χ4n) is 1.82. The Bertz CT molecular complexity index is 638. The minimum absolute atomic E-state index is 0.394. The van der Waals surface area contributed by atoms with Gasteiger partial charge in [-0.3, -0.25) is 0 Å². The third-order valence-electron chi connectivity index (χ3n) is 2.91. The van der Waals surface area contributed by atoms with Crippen LogP contribution in [0.5, 0.6) is 0 Å². The molecule has 0 aliphatic heterocycles. The zero-order valence-electron chi connectivity index (χ0n) is 10.8. The molecule has 0 radical (unpaired) electrons. The maximum absolute atomic E-state index is 5.64. The predicted molar refractivity (Wildman–Crippen MR) is 89.2 cm³/mol. The molecule has 2 aromatic rings. The molecule has 2 rings (SSSR count). The van der Waals surface area contributed by atoms with Gasteiger partial charge in [0.05, 0.1) is 0 Å². The minimum atomic E-state index is 0.394. The lowest BCUT2D eigenvalue weighted by Crippen LogP contribution is -2.10. The highest BCUT2D eigenvalue weighted by Crippen LogP contribution is 2.26. The van der Waals surface area contributed by atoms with Crippen LogP contribution in [0.1, 0.15) is 16.7 Å². The standard InChI is InChI=1S/C15H15BrN2S/c1-9-3-4-10(2)14(7-9)18-11-5-6-12(15(17)19)13(16)8-11/h3-8,18H,1-2H3,(H2,17,19). The van der Waals surface area contributed by atoms with Gasteiger partial charge < -0.3 is 11.1 Å². The van der Waals surface area contributed by atoms with Gasteiger partial charge in [-0.15, -0.1) is 0 Å². The highest BCUT2D eigenvalue weighted by Gasteiger charge is 2.05. The molecule has 0 saturated heterocycles. The summed E-state index contributed by atoms with van der Waals surface area (Å²) in [5.74, 6) is 0. The molecule has 0 aliphatic rings. The van der Waals surface area contributed by atoms with Crippen molar-refractivity contribution in [1.82, 2.24) is 0 Å². The summed E-state index contributed by atoms with van der Waals surface area (Å²) in [4.78, 5) is 0.394. The Hall–Kier alpha value is -1.39. The maximum atomic E-state index is 5.64. The second-order valence-electron chi connectivity index (χ2n) is 4.50. The van der Waals surface area contributed by atoms with E-state index < -0.39 is 0 Å². The first-order valence-corrected chi connectivity index (χ1v) is 7.11. The fraction of sp³-hybridized carbons (Fsp3) is 0.133. The number of aryl methyl sites for hydroxylation is 2. The Morgan fingerprint density at radius 2 is 1.89 bits per heavy atom. The van der Waals surface area contributed by atoms with Crippen LogP contribution in [-0.4, -0.2) is 4.99 Å². The van der Waals surface area contributed by atoms with E-state index in [9.17, 15) is 0 Å². The number of nitrogens with two attached hydrogens (primary N) is 1. The van der Waals surface area contributed by atoms with E-state index in [1.54, 1.807) is 0 Å². The monoisotopic (exact) mass is 334 g/mol. The molecular formula is C15H15BrN2S. The molecule has 0 aliphatic carbocycles. The first-order chi connectivity index (χ1) is 8.97. The molecule has 0 heterocycles.